The van der Waals surface area contributed by atoms with E-state index < -0.39 is 47.5 Å². The topological polar surface area (TPSA) is 192 Å². The SMILES string of the molecule is O=P(O)(Oc1ccccc1)Oc1ccccc1.O=P(O)(Oc1ccccc1)Oc1ccccc1.OCC(CO)(CO)CO. The third kappa shape index (κ3) is 13.9. The summed E-state index contributed by atoms with van der Waals surface area (Å²) in [4.78, 5) is 19.1. The molecule has 4 aromatic carbocycles. The summed E-state index contributed by atoms with van der Waals surface area (Å²) in [5.74, 6) is 1.15. The quantitative estimate of drug-likeness (QED) is 0.120. The van der Waals surface area contributed by atoms with Crippen molar-refractivity contribution < 1.29 is 57.4 Å². The molecule has 0 aromatic heterocycles. The van der Waals surface area contributed by atoms with Crippen LogP contribution in [0.4, 0.5) is 0 Å². The number of phosphoric ester groups is 2. The van der Waals surface area contributed by atoms with E-state index in [0.29, 0.717) is 0 Å². The minimum atomic E-state index is -4.14. The van der Waals surface area contributed by atoms with Crippen molar-refractivity contribution in [1.82, 2.24) is 0 Å². The maximum atomic E-state index is 11.7. The molecule has 4 aromatic rings. The first-order valence-electron chi connectivity index (χ1n) is 12.6. The Kier molecular flexibility index (Phi) is 14.9. The molecule has 0 aliphatic rings. The summed E-state index contributed by atoms with van der Waals surface area (Å²) in [6.45, 7) is -1.62. The van der Waals surface area contributed by atoms with Gasteiger partial charge in [-0.25, -0.2) is 9.13 Å². The van der Waals surface area contributed by atoms with Gasteiger partial charge in [0, 0.05) is 0 Å². The van der Waals surface area contributed by atoms with Crippen molar-refractivity contribution in [2.24, 2.45) is 5.41 Å². The number of hydrogen-bond donors (Lipinski definition) is 6. The van der Waals surface area contributed by atoms with Crippen LogP contribution in [0.25, 0.3) is 0 Å². The van der Waals surface area contributed by atoms with Gasteiger partial charge >= 0.3 is 15.6 Å². The van der Waals surface area contributed by atoms with Crippen molar-refractivity contribution in [2.45, 2.75) is 0 Å². The second kappa shape index (κ2) is 18.1. The maximum absolute atomic E-state index is 11.7. The Balaban J connectivity index is 0.000000238. The first kappa shape index (κ1) is 35.5. The van der Waals surface area contributed by atoms with Gasteiger partial charge < -0.3 is 38.5 Å². The normalized spacial score (nSPS) is 11.1. The van der Waals surface area contributed by atoms with Crippen LogP contribution in [0.2, 0.25) is 0 Å². The smallest absolute Gasteiger partial charge is 0.396 e. The summed E-state index contributed by atoms with van der Waals surface area (Å²) < 4.78 is 42.9. The van der Waals surface area contributed by atoms with Gasteiger partial charge in [0.05, 0.1) is 31.8 Å². The van der Waals surface area contributed by atoms with Gasteiger partial charge in [-0.2, -0.15) is 0 Å². The number of phosphoric acid groups is 2. The molecule has 12 nitrogen and oxygen atoms in total. The lowest BCUT2D eigenvalue weighted by atomic mass is 9.93. The molecule has 0 bridgehead atoms. The van der Waals surface area contributed by atoms with Crippen molar-refractivity contribution in [2.75, 3.05) is 26.4 Å². The Morgan fingerprint density at radius 3 is 0.744 bits per heavy atom. The van der Waals surface area contributed by atoms with Gasteiger partial charge in [-0.3, -0.25) is 9.79 Å². The molecule has 0 unspecified atom stereocenters. The zero-order chi connectivity index (χ0) is 31.6. The third-order valence-electron chi connectivity index (χ3n) is 5.20. The van der Waals surface area contributed by atoms with Gasteiger partial charge in [-0.15, -0.1) is 0 Å². The van der Waals surface area contributed by atoms with Crippen molar-refractivity contribution in [3.63, 3.8) is 0 Å². The molecule has 0 atom stereocenters. The van der Waals surface area contributed by atoms with Gasteiger partial charge in [0.2, 0.25) is 0 Å². The summed E-state index contributed by atoms with van der Waals surface area (Å²) >= 11 is 0. The lowest BCUT2D eigenvalue weighted by Gasteiger charge is -2.23. The molecule has 232 valence electrons. The first-order chi connectivity index (χ1) is 20.6. The van der Waals surface area contributed by atoms with Crippen LogP contribution in [-0.4, -0.2) is 56.6 Å². The second-order valence-corrected chi connectivity index (χ2v) is 11.3. The van der Waals surface area contributed by atoms with Crippen molar-refractivity contribution >= 4 is 15.6 Å². The lowest BCUT2D eigenvalue weighted by Crippen LogP contribution is -2.37. The minimum absolute atomic E-state index is 0.286. The summed E-state index contributed by atoms with van der Waals surface area (Å²) in [6, 6.07) is 33.4. The van der Waals surface area contributed by atoms with E-state index in [9.17, 15) is 18.9 Å². The lowest BCUT2D eigenvalue weighted by molar-refractivity contribution is -0.0328. The predicted molar refractivity (Wildman–Crippen MR) is 159 cm³/mol. The van der Waals surface area contributed by atoms with Crippen LogP contribution in [-0.2, 0) is 9.13 Å². The number of aliphatic hydroxyl groups is 4. The van der Waals surface area contributed by atoms with Crippen molar-refractivity contribution in [3.05, 3.63) is 121 Å². The Morgan fingerprint density at radius 1 is 0.419 bits per heavy atom. The van der Waals surface area contributed by atoms with Crippen LogP contribution in [0.1, 0.15) is 0 Å². The van der Waals surface area contributed by atoms with E-state index in [1.807, 2.05) is 0 Å². The van der Waals surface area contributed by atoms with E-state index in [0.717, 1.165) is 0 Å². The first-order valence-corrected chi connectivity index (χ1v) is 15.6. The van der Waals surface area contributed by atoms with Crippen LogP contribution < -0.4 is 18.1 Å². The van der Waals surface area contributed by atoms with E-state index in [1.54, 1.807) is 121 Å². The fourth-order valence-electron chi connectivity index (χ4n) is 2.80. The van der Waals surface area contributed by atoms with Crippen molar-refractivity contribution in [1.29, 1.82) is 0 Å². The largest absolute Gasteiger partial charge is 0.584 e. The molecule has 0 radical (unpaired) electrons. The maximum Gasteiger partial charge on any atom is 0.584 e. The molecule has 0 saturated heterocycles. The number of rotatable bonds is 12. The molecule has 43 heavy (non-hydrogen) atoms. The van der Waals surface area contributed by atoms with Crippen LogP contribution in [0.15, 0.2) is 121 Å². The zero-order valence-corrected chi connectivity index (χ0v) is 24.7. The molecule has 0 aliphatic heterocycles. The molecule has 0 aliphatic carbocycles. The Morgan fingerprint density at radius 2 is 0.605 bits per heavy atom. The Hall–Kier alpha value is -3.70. The summed E-state index contributed by atoms with van der Waals surface area (Å²) in [5.41, 5.74) is -1.11. The highest BCUT2D eigenvalue weighted by Gasteiger charge is 2.27. The molecule has 0 heterocycles. The molecule has 0 spiro atoms. The van der Waals surface area contributed by atoms with Gasteiger partial charge in [0.25, 0.3) is 0 Å². The number of hydrogen-bond acceptors (Lipinski definition) is 10. The highest BCUT2D eigenvalue weighted by atomic mass is 31.2. The predicted octanol–water partition coefficient (Wildman–Crippen LogP) is 4.43. The van der Waals surface area contributed by atoms with Crippen molar-refractivity contribution in [3.8, 4) is 23.0 Å². The van der Waals surface area contributed by atoms with Gasteiger partial charge in [-0.1, -0.05) is 72.8 Å². The molecule has 0 fully saturated rings. The van der Waals surface area contributed by atoms with Crippen LogP contribution in [0.3, 0.4) is 0 Å². The van der Waals surface area contributed by atoms with E-state index in [1.165, 1.54) is 0 Å². The molecule has 4 rings (SSSR count). The zero-order valence-electron chi connectivity index (χ0n) is 22.9. The van der Waals surface area contributed by atoms with E-state index >= 15 is 0 Å². The number of aliphatic hydroxyl groups excluding tert-OH is 4. The van der Waals surface area contributed by atoms with E-state index in [4.69, 9.17) is 38.5 Å². The third-order valence-corrected chi connectivity index (χ3v) is 6.96. The highest BCUT2D eigenvalue weighted by Crippen LogP contribution is 2.45. The summed E-state index contributed by atoms with van der Waals surface area (Å²) in [5, 5.41) is 34.0. The molecule has 0 saturated carbocycles. The number of benzene rings is 4. The van der Waals surface area contributed by atoms with Crippen LogP contribution in [0, 0.1) is 5.41 Å². The Labute approximate surface area is 249 Å². The average Bonchev–Trinajstić information content (AvgIpc) is 3.00. The molecule has 0 amide bonds. The highest BCUT2D eigenvalue weighted by molar-refractivity contribution is 7.48. The Bertz CT molecular complexity index is 1180. The van der Waals surface area contributed by atoms with E-state index in [2.05, 4.69) is 0 Å². The van der Waals surface area contributed by atoms with Crippen LogP contribution >= 0.6 is 15.6 Å². The van der Waals surface area contributed by atoms with Gasteiger partial charge in [-0.05, 0) is 48.5 Å². The van der Waals surface area contributed by atoms with E-state index in [-0.39, 0.29) is 23.0 Å². The standard InChI is InChI=1S/2C12H11O4P.C5H12O4/c2*13-17(14,15-11-7-3-1-4-8-11)16-12-9-5-2-6-10-12;6-1-5(2-7,3-8)4-9/h2*1-10H,(H,13,14);6-9H,1-4H2. The fraction of sp³-hybridized carbons (Fsp3) is 0.172. The monoisotopic (exact) mass is 636 g/mol. The fourth-order valence-corrected chi connectivity index (χ4v) is 4.42. The average molecular weight is 637 g/mol. The van der Waals surface area contributed by atoms with Crippen LogP contribution in [0.5, 0.6) is 23.0 Å². The summed E-state index contributed by atoms with van der Waals surface area (Å²) in [6.07, 6.45) is 0. The number of para-hydroxylation sites is 4. The minimum Gasteiger partial charge on any atom is -0.396 e. The molecular weight excluding hydrogens is 602 g/mol. The van der Waals surface area contributed by atoms with Gasteiger partial charge in [0.15, 0.2) is 0 Å². The second-order valence-electron chi connectivity index (χ2n) is 8.69. The molecular formula is C29H34O12P2. The summed E-state index contributed by atoms with van der Waals surface area (Å²) in [7, 11) is -8.27. The van der Waals surface area contributed by atoms with Gasteiger partial charge in [0.1, 0.15) is 23.0 Å². The molecule has 6 N–H and O–H groups in total. The molecule has 14 heteroatoms.